The lowest BCUT2D eigenvalue weighted by molar-refractivity contribution is -0.144. The SMILES string of the molecule is Cc1ccc([C@@H](C)NC(=O)COC(=O)/C=C/c2ccc(Br)cc2)cc1C. The average molecular weight is 416 g/mol. The fourth-order valence-corrected chi connectivity index (χ4v) is 2.59. The summed E-state index contributed by atoms with van der Waals surface area (Å²) >= 11 is 3.35. The zero-order valence-corrected chi connectivity index (χ0v) is 16.7. The normalized spacial score (nSPS) is 12.0. The molecular weight excluding hydrogens is 394 g/mol. The first-order chi connectivity index (χ1) is 12.3. The van der Waals surface area contributed by atoms with Gasteiger partial charge >= 0.3 is 5.97 Å². The van der Waals surface area contributed by atoms with Crippen molar-refractivity contribution in [1.82, 2.24) is 5.32 Å². The van der Waals surface area contributed by atoms with Crippen LogP contribution in [0.15, 0.2) is 53.0 Å². The molecule has 26 heavy (non-hydrogen) atoms. The second-order valence-electron chi connectivity index (χ2n) is 6.13. The summed E-state index contributed by atoms with van der Waals surface area (Å²) in [6.45, 7) is 5.67. The summed E-state index contributed by atoms with van der Waals surface area (Å²) in [7, 11) is 0. The minimum Gasteiger partial charge on any atom is -0.452 e. The van der Waals surface area contributed by atoms with Gasteiger partial charge in [0.05, 0.1) is 6.04 Å². The van der Waals surface area contributed by atoms with Crippen molar-refractivity contribution in [2.75, 3.05) is 6.61 Å². The second-order valence-corrected chi connectivity index (χ2v) is 7.04. The molecule has 4 nitrogen and oxygen atoms in total. The number of aryl methyl sites for hydroxylation is 2. The molecule has 0 radical (unpaired) electrons. The van der Waals surface area contributed by atoms with Crippen molar-refractivity contribution in [3.8, 4) is 0 Å². The van der Waals surface area contributed by atoms with Crippen LogP contribution >= 0.6 is 15.9 Å². The summed E-state index contributed by atoms with van der Waals surface area (Å²) in [6.07, 6.45) is 2.95. The zero-order chi connectivity index (χ0) is 19.1. The summed E-state index contributed by atoms with van der Waals surface area (Å²) in [5.41, 5.74) is 4.27. The van der Waals surface area contributed by atoms with Crippen LogP contribution in [0.4, 0.5) is 0 Å². The minimum absolute atomic E-state index is 0.154. The Labute approximate surface area is 162 Å². The van der Waals surface area contributed by atoms with Crippen molar-refractivity contribution in [2.45, 2.75) is 26.8 Å². The number of nitrogens with one attached hydrogen (secondary N) is 1. The molecule has 2 rings (SSSR count). The molecule has 1 N–H and O–H groups in total. The maximum Gasteiger partial charge on any atom is 0.331 e. The fraction of sp³-hybridized carbons (Fsp3) is 0.238. The van der Waals surface area contributed by atoms with Crippen molar-refractivity contribution >= 4 is 33.9 Å². The molecule has 5 heteroatoms. The van der Waals surface area contributed by atoms with Crippen LogP contribution in [0.5, 0.6) is 0 Å². The number of benzene rings is 2. The summed E-state index contributed by atoms with van der Waals surface area (Å²) in [6, 6.07) is 13.4. The van der Waals surface area contributed by atoms with E-state index in [0.717, 1.165) is 15.6 Å². The monoisotopic (exact) mass is 415 g/mol. The predicted octanol–water partition coefficient (Wildman–Crippen LogP) is 4.50. The Morgan fingerprint density at radius 1 is 1.12 bits per heavy atom. The maximum atomic E-state index is 12.0. The van der Waals surface area contributed by atoms with Gasteiger partial charge in [-0.1, -0.05) is 46.3 Å². The molecule has 0 saturated heterocycles. The Balaban J connectivity index is 1.81. The molecule has 0 aliphatic rings. The molecule has 0 fully saturated rings. The van der Waals surface area contributed by atoms with Crippen LogP contribution in [0.25, 0.3) is 6.08 Å². The summed E-state index contributed by atoms with van der Waals surface area (Å²) < 4.78 is 5.95. The van der Waals surface area contributed by atoms with Crippen LogP contribution in [-0.2, 0) is 14.3 Å². The van der Waals surface area contributed by atoms with Gasteiger partial charge < -0.3 is 10.1 Å². The third-order valence-electron chi connectivity index (χ3n) is 4.04. The highest BCUT2D eigenvalue weighted by molar-refractivity contribution is 9.10. The molecule has 0 spiro atoms. The number of esters is 1. The van der Waals surface area contributed by atoms with Crippen molar-refractivity contribution in [2.24, 2.45) is 0 Å². The average Bonchev–Trinajstić information content (AvgIpc) is 2.61. The van der Waals surface area contributed by atoms with E-state index in [-0.39, 0.29) is 18.6 Å². The molecule has 1 amide bonds. The molecule has 0 heterocycles. The van der Waals surface area contributed by atoms with E-state index in [0.29, 0.717) is 0 Å². The molecule has 0 aromatic heterocycles. The first-order valence-corrected chi connectivity index (χ1v) is 9.11. The summed E-state index contributed by atoms with van der Waals surface area (Å²) in [5, 5.41) is 2.83. The highest BCUT2D eigenvalue weighted by Crippen LogP contribution is 2.16. The van der Waals surface area contributed by atoms with Gasteiger partial charge in [0.2, 0.25) is 0 Å². The Morgan fingerprint density at radius 2 is 1.81 bits per heavy atom. The van der Waals surface area contributed by atoms with Crippen LogP contribution in [0.3, 0.4) is 0 Å². The van der Waals surface area contributed by atoms with Crippen LogP contribution in [-0.4, -0.2) is 18.5 Å². The van der Waals surface area contributed by atoms with Crippen LogP contribution in [0.2, 0.25) is 0 Å². The molecule has 0 bridgehead atoms. The first-order valence-electron chi connectivity index (χ1n) is 8.32. The molecule has 0 unspecified atom stereocenters. The van der Waals surface area contributed by atoms with E-state index in [1.54, 1.807) is 6.08 Å². The third kappa shape index (κ3) is 6.15. The van der Waals surface area contributed by atoms with Gasteiger partial charge in [-0.15, -0.1) is 0 Å². The number of rotatable bonds is 6. The smallest absolute Gasteiger partial charge is 0.331 e. The van der Waals surface area contributed by atoms with E-state index >= 15 is 0 Å². The lowest BCUT2D eigenvalue weighted by Crippen LogP contribution is -2.31. The highest BCUT2D eigenvalue weighted by Gasteiger charge is 2.11. The highest BCUT2D eigenvalue weighted by atomic mass is 79.9. The fourth-order valence-electron chi connectivity index (χ4n) is 2.32. The van der Waals surface area contributed by atoms with E-state index in [1.165, 1.54) is 17.2 Å². The first kappa shape index (κ1) is 19.9. The lowest BCUT2D eigenvalue weighted by atomic mass is 10.0. The number of carbonyl (C=O) groups is 2. The van der Waals surface area contributed by atoms with Gasteiger partial charge in [-0.2, -0.15) is 0 Å². The molecule has 136 valence electrons. The topological polar surface area (TPSA) is 55.4 Å². The van der Waals surface area contributed by atoms with Crippen LogP contribution in [0.1, 0.15) is 35.2 Å². The number of carbonyl (C=O) groups excluding carboxylic acids is 2. The van der Waals surface area contributed by atoms with Crippen molar-refractivity contribution < 1.29 is 14.3 Å². The molecule has 1 atom stereocenters. The largest absolute Gasteiger partial charge is 0.452 e. The number of hydrogen-bond donors (Lipinski definition) is 1. The lowest BCUT2D eigenvalue weighted by Gasteiger charge is -2.15. The Morgan fingerprint density at radius 3 is 2.46 bits per heavy atom. The van der Waals surface area contributed by atoms with E-state index in [9.17, 15) is 9.59 Å². The van der Waals surface area contributed by atoms with Crippen LogP contribution in [0, 0.1) is 13.8 Å². The second kappa shape index (κ2) is 9.34. The van der Waals surface area contributed by atoms with Gasteiger partial charge in [-0.05, 0) is 61.2 Å². The van der Waals surface area contributed by atoms with E-state index < -0.39 is 5.97 Å². The van der Waals surface area contributed by atoms with E-state index in [4.69, 9.17) is 4.74 Å². The van der Waals surface area contributed by atoms with Crippen molar-refractivity contribution in [3.05, 3.63) is 75.3 Å². The van der Waals surface area contributed by atoms with Crippen molar-refractivity contribution in [3.63, 3.8) is 0 Å². The zero-order valence-electron chi connectivity index (χ0n) is 15.1. The number of amides is 1. The Hall–Kier alpha value is -2.40. The van der Waals surface area contributed by atoms with E-state index in [1.807, 2.05) is 63.2 Å². The van der Waals surface area contributed by atoms with Gasteiger partial charge in [0.1, 0.15) is 0 Å². The molecule has 2 aromatic carbocycles. The van der Waals surface area contributed by atoms with Crippen molar-refractivity contribution in [1.29, 1.82) is 0 Å². The van der Waals surface area contributed by atoms with Gasteiger partial charge in [-0.3, -0.25) is 4.79 Å². The van der Waals surface area contributed by atoms with Gasteiger partial charge in [0, 0.05) is 10.5 Å². The molecular formula is C21H22BrNO3. The number of hydrogen-bond acceptors (Lipinski definition) is 3. The molecule has 0 aliphatic heterocycles. The Bertz CT molecular complexity index is 813. The van der Waals surface area contributed by atoms with Gasteiger partial charge in [0.15, 0.2) is 6.61 Å². The number of ether oxygens (including phenoxy) is 1. The maximum absolute atomic E-state index is 12.0. The summed E-state index contributed by atoms with van der Waals surface area (Å²) in [5.74, 6) is -0.886. The minimum atomic E-state index is -0.554. The Kier molecular flexibility index (Phi) is 7.16. The third-order valence-corrected chi connectivity index (χ3v) is 4.56. The standard InChI is InChI=1S/C21H22BrNO3/c1-14-4-8-18(12-15(14)2)16(3)23-20(24)13-26-21(25)11-7-17-5-9-19(22)10-6-17/h4-12,16H,13H2,1-3H3,(H,23,24)/b11-7+/t16-/m1/s1. The van der Waals surface area contributed by atoms with Gasteiger partial charge in [0.25, 0.3) is 5.91 Å². The summed E-state index contributed by atoms with van der Waals surface area (Å²) in [4.78, 5) is 23.7. The van der Waals surface area contributed by atoms with Crippen LogP contribution < -0.4 is 5.32 Å². The van der Waals surface area contributed by atoms with Gasteiger partial charge in [-0.25, -0.2) is 4.79 Å². The molecule has 2 aromatic rings. The molecule has 0 saturated carbocycles. The predicted molar refractivity (Wildman–Crippen MR) is 107 cm³/mol. The molecule has 0 aliphatic carbocycles. The number of halogens is 1. The quantitative estimate of drug-likeness (QED) is 0.557. The van der Waals surface area contributed by atoms with E-state index in [2.05, 4.69) is 21.2 Å².